The lowest BCUT2D eigenvalue weighted by molar-refractivity contribution is -0.147. The van der Waals surface area contributed by atoms with E-state index in [9.17, 15) is 14.4 Å². The average Bonchev–Trinajstić information content (AvgIpc) is 2.72. The number of methoxy groups -OCH3 is 1. The van der Waals surface area contributed by atoms with Crippen LogP contribution in [0.15, 0.2) is 48.5 Å². The van der Waals surface area contributed by atoms with Crippen molar-refractivity contribution in [3.63, 3.8) is 0 Å². The van der Waals surface area contributed by atoms with Gasteiger partial charge < -0.3 is 24.8 Å². The summed E-state index contributed by atoms with van der Waals surface area (Å²) in [5, 5.41) is 5.28. The van der Waals surface area contributed by atoms with E-state index in [0.29, 0.717) is 29.5 Å². The topological polar surface area (TPSA) is 103 Å². The quantitative estimate of drug-likeness (QED) is 0.595. The van der Waals surface area contributed by atoms with Crippen molar-refractivity contribution in [2.75, 3.05) is 31.0 Å². The number of amides is 2. The first-order chi connectivity index (χ1) is 14.0. The number of rotatable bonds is 10. The maximum Gasteiger partial charge on any atom is 0.306 e. The van der Waals surface area contributed by atoms with Crippen molar-refractivity contribution in [3.05, 3.63) is 48.5 Å². The zero-order valence-electron chi connectivity index (χ0n) is 16.4. The van der Waals surface area contributed by atoms with E-state index < -0.39 is 18.5 Å². The second-order valence-electron chi connectivity index (χ2n) is 5.95. The van der Waals surface area contributed by atoms with Crippen LogP contribution in [0.5, 0.6) is 11.5 Å². The zero-order valence-corrected chi connectivity index (χ0v) is 16.4. The van der Waals surface area contributed by atoms with Gasteiger partial charge in [-0.15, -0.1) is 0 Å². The predicted molar refractivity (Wildman–Crippen MR) is 108 cm³/mol. The minimum atomic E-state index is -0.632. The summed E-state index contributed by atoms with van der Waals surface area (Å²) < 4.78 is 15.3. The fraction of sp³-hybridized carbons (Fsp3) is 0.286. The van der Waals surface area contributed by atoms with Crippen molar-refractivity contribution in [1.29, 1.82) is 0 Å². The second-order valence-corrected chi connectivity index (χ2v) is 5.95. The molecule has 0 aliphatic rings. The highest BCUT2D eigenvalue weighted by atomic mass is 16.5. The number of hydrogen-bond donors (Lipinski definition) is 2. The summed E-state index contributed by atoms with van der Waals surface area (Å²) in [6.07, 6.45) is -0.182. The highest BCUT2D eigenvalue weighted by molar-refractivity contribution is 5.94. The van der Waals surface area contributed by atoms with Gasteiger partial charge in [0.05, 0.1) is 20.1 Å². The molecule has 0 radical (unpaired) electrons. The molecule has 0 aliphatic heterocycles. The van der Waals surface area contributed by atoms with E-state index in [1.54, 1.807) is 48.5 Å². The zero-order chi connectivity index (χ0) is 21.1. The SMILES string of the molecule is CCOc1ccc(NC(=O)CCC(=O)OCC(=O)Nc2cccc(OC)c2)cc1. The van der Waals surface area contributed by atoms with Crippen LogP contribution >= 0.6 is 0 Å². The van der Waals surface area contributed by atoms with E-state index in [4.69, 9.17) is 14.2 Å². The summed E-state index contributed by atoms with van der Waals surface area (Å²) in [4.78, 5) is 35.5. The summed E-state index contributed by atoms with van der Waals surface area (Å²) in [6.45, 7) is 2.01. The number of benzene rings is 2. The lowest BCUT2D eigenvalue weighted by atomic mass is 10.2. The van der Waals surface area contributed by atoms with Gasteiger partial charge in [-0.25, -0.2) is 0 Å². The fourth-order valence-corrected chi connectivity index (χ4v) is 2.36. The Bertz CT molecular complexity index is 835. The maximum atomic E-state index is 11.9. The normalized spacial score (nSPS) is 10.0. The molecule has 0 aliphatic carbocycles. The van der Waals surface area contributed by atoms with E-state index in [1.165, 1.54) is 7.11 Å². The van der Waals surface area contributed by atoms with Crippen LogP contribution in [0.2, 0.25) is 0 Å². The third-order valence-corrected chi connectivity index (χ3v) is 3.72. The van der Waals surface area contributed by atoms with Gasteiger partial charge in [-0.05, 0) is 43.3 Å². The fourth-order valence-electron chi connectivity index (χ4n) is 2.36. The summed E-state index contributed by atoms with van der Waals surface area (Å²) in [6, 6.07) is 13.7. The Morgan fingerprint density at radius 2 is 1.59 bits per heavy atom. The molecule has 2 amide bonds. The largest absolute Gasteiger partial charge is 0.497 e. The molecule has 29 heavy (non-hydrogen) atoms. The van der Waals surface area contributed by atoms with Crippen molar-refractivity contribution in [3.8, 4) is 11.5 Å². The number of esters is 1. The summed E-state index contributed by atoms with van der Waals surface area (Å²) in [7, 11) is 1.52. The number of hydrogen-bond acceptors (Lipinski definition) is 6. The molecule has 0 heterocycles. The van der Waals surface area contributed by atoms with E-state index in [2.05, 4.69) is 10.6 Å². The molecule has 2 rings (SSSR count). The standard InChI is InChI=1S/C21H24N2O6/c1-3-28-17-9-7-15(8-10-17)22-19(24)11-12-21(26)29-14-20(25)23-16-5-4-6-18(13-16)27-2/h4-10,13H,3,11-12,14H2,1-2H3,(H,22,24)(H,23,25). The van der Waals surface area contributed by atoms with Crippen LogP contribution in [-0.4, -0.2) is 38.1 Å². The van der Waals surface area contributed by atoms with Crippen LogP contribution < -0.4 is 20.1 Å². The van der Waals surface area contributed by atoms with Crippen LogP contribution in [0.3, 0.4) is 0 Å². The Hall–Kier alpha value is -3.55. The number of nitrogens with one attached hydrogen (secondary N) is 2. The minimum absolute atomic E-state index is 0.0520. The first-order valence-electron chi connectivity index (χ1n) is 9.12. The lowest BCUT2D eigenvalue weighted by Crippen LogP contribution is -2.21. The van der Waals surface area contributed by atoms with Gasteiger partial charge >= 0.3 is 5.97 Å². The molecule has 0 atom stereocenters. The Labute approximate surface area is 169 Å². The second kappa shape index (κ2) is 11.3. The molecule has 154 valence electrons. The molecule has 0 aromatic heterocycles. The first-order valence-corrected chi connectivity index (χ1v) is 9.12. The van der Waals surface area contributed by atoms with Gasteiger partial charge in [-0.3, -0.25) is 14.4 Å². The molecule has 2 aromatic rings. The molecule has 8 heteroatoms. The highest BCUT2D eigenvalue weighted by Gasteiger charge is 2.11. The van der Waals surface area contributed by atoms with Crippen LogP contribution in [0.1, 0.15) is 19.8 Å². The summed E-state index contributed by atoms with van der Waals surface area (Å²) >= 11 is 0. The Balaban J connectivity index is 1.67. The Morgan fingerprint density at radius 1 is 0.862 bits per heavy atom. The molecule has 0 saturated carbocycles. The van der Waals surface area contributed by atoms with Crippen LogP contribution in [-0.2, 0) is 19.1 Å². The van der Waals surface area contributed by atoms with E-state index >= 15 is 0 Å². The molecule has 2 aromatic carbocycles. The van der Waals surface area contributed by atoms with E-state index in [0.717, 1.165) is 0 Å². The molecular formula is C21H24N2O6. The van der Waals surface area contributed by atoms with Gasteiger partial charge in [0.25, 0.3) is 5.91 Å². The van der Waals surface area contributed by atoms with Crippen LogP contribution in [0, 0.1) is 0 Å². The smallest absolute Gasteiger partial charge is 0.306 e. The molecule has 2 N–H and O–H groups in total. The van der Waals surface area contributed by atoms with Gasteiger partial charge in [0, 0.05) is 23.9 Å². The molecule has 0 unspecified atom stereocenters. The monoisotopic (exact) mass is 400 g/mol. The molecule has 0 saturated heterocycles. The molecule has 0 bridgehead atoms. The predicted octanol–water partition coefficient (Wildman–Crippen LogP) is 2.99. The highest BCUT2D eigenvalue weighted by Crippen LogP contribution is 2.17. The van der Waals surface area contributed by atoms with Crippen molar-refractivity contribution in [1.82, 2.24) is 0 Å². The van der Waals surface area contributed by atoms with E-state index in [1.807, 2.05) is 6.92 Å². The third-order valence-electron chi connectivity index (χ3n) is 3.72. The van der Waals surface area contributed by atoms with Gasteiger partial charge in [-0.1, -0.05) is 6.07 Å². The van der Waals surface area contributed by atoms with Crippen molar-refractivity contribution in [2.45, 2.75) is 19.8 Å². The maximum absolute atomic E-state index is 11.9. The number of anilines is 2. The number of carbonyl (C=O) groups excluding carboxylic acids is 3. The van der Waals surface area contributed by atoms with E-state index in [-0.39, 0.29) is 18.7 Å². The van der Waals surface area contributed by atoms with Gasteiger partial charge in [0.1, 0.15) is 11.5 Å². The lowest BCUT2D eigenvalue weighted by Gasteiger charge is -2.08. The summed E-state index contributed by atoms with van der Waals surface area (Å²) in [5.41, 5.74) is 1.13. The number of carbonyl (C=O) groups is 3. The number of ether oxygens (including phenoxy) is 3. The van der Waals surface area contributed by atoms with Gasteiger partial charge in [0.2, 0.25) is 5.91 Å². The Morgan fingerprint density at radius 3 is 2.28 bits per heavy atom. The summed E-state index contributed by atoms with van der Waals surface area (Å²) in [5.74, 6) is -0.135. The molecule has 8 nitrogen and oxygen atoms in total. The van der Waals surface area contributed by atoms with Crippen LogP contribution in [0.4, 0.5) is 11.4 Å². The molecular weight excluding hydrogens is 376 g/mol. The minimum Gasteiger partial charge on any atom is -0.497 e. The Kier molecular flexibility index (Phi) is 8.50. The average molecular weight is 400 g/mol. The molecule has 0 fully saturated rings. The van der Waals surface area contributed by atoms with Crippen LogP contribution in [0.25, 0.3) is 0 Å². The third kappa shape index (κ3) is 7.92. The van der Waals surface area contributed by atoms with Gasteiger partial charge in [-0.2, -0.15) is 0 Å². The molecule has 0 spiro atoms. The van der Waals surface area contributed by atoms with Gasteiger partial charge in [0.15, 0.2) is 6.61 Å². The van der Waals surface area contributed by atoms with Crippen molar-refractivity contribution in [2.24, 2.45) is 0 Å². The van der Waals surface area contributed by atoms with Crippen molar-refractivity contribution < 1.29 is 28.6 Å². The van der Waals surface area contributed by atoms with Crippen molar-refractivity contribution >= 4 is 29.2 Å². The first kappa shape index (κ1) is 21.7.